The highest BCUT2D eigenvalue weighted by Crippen LogP contribution is 2.23. The van der Waals surface area contributed by atoms with E-state index in [9.17, 15) is 4.79 Å². The monoisotopic (exact) mass is 448 g/mol. The highest BCUT2D eigenvalue weighted by molar-refractivity contribution is 9.10. The number of hydrogen-bond acceptors (Lipinski definition) is 5. The van der Waals surface area contributed by atoms with Gasteiger partial charge in [-0.1, -0.05) is 51.4 Å². The summed E-state index contributed by atoms with van der Waals surface area (Å²) in [6.07, 6.45) is 2.32. The zero-order chi connectivity index (χ0) is 20.1. The molecule has 0 N–H and O–H groups in total. The van der Waals surface area contributed by atoms with Gasteiger partial charge >= 0.3 is 0 Å². The van der Waals surface area contributed by atoms with Gasteiger partial charge in [0.1, 0.15) is 17.2 Å². The standard InChI is InChI=1S/C23H17BrN2O3/c24-18-6-4-5-16(13-18)21-14-20(29-26-21)10-11-22(27)17-9-12-23(25-15-17)28-19-7-2-1-3-8-19/h1-9,12-15H,10-11H2. The van der Waals surface area contributed by atoms with E-state index < -0.39 is 0 Å². The van der Waals surface area contributed by atoms with Crippen molar-refractivity contribution in [2.45, 2.75) is 12.8 Å². The van der Waals surface area contributed by atoms with Crippen molar-refractivity contribution < 1.29 is 14.1 Å². The predicted octanol–water partition coefficient (Wildman–Crippen LogP) is 6.11. The maximum Gasteiger partial charge on any atom is 0.219 e. The molecular formula is C23H17BrN2O3. The van der Waals surface area contributed by atoms with E-state index in [-0.39, 0.29) is 5.78 Å². The van der Waals surface area contributed by atoms with Crippen molar-refractivity contribution in [1.29, 1.82) is 0 Å². The molecule has 0 bridgehead atoms. The van der Waals surface area contributed by atoms with Gasteiger partial charge < -0.3 is 9.26 Å². The number of Topliss-reactive ketones (excluding diaryl/α,β-unsaturated/α-hetero) is 1. The number of ketones is 1. The molecule has 29 heavy (non-hydrogen) atoms. The van der Waals surface area contributed by atoms with Crippen molar-refractivity contribution in [1.82, 2.24) is 10.1 Å². The van der Waals surface area contributed by atoms with Crippen LogP contribution in [-0.4, -0.2) is 15.9 Å². The maximum absolute atomic E-state index is 12.5. The maximum atomic E-state index is 12.5. The summed E-state index contributed by atoms with van der Waals surface area (Å²) in [6, 6.07) is 22.5. The number of hydrogen-bond donors (Lipinski definition) is 0. The van der Waals surface area contributed by atoms with Gasteiger partial charge in [0, 0.05) is 46.8 Å². The van der Waals surface area contributed by atoms with Crippen LogP contribution in [0.3, 0.4) is 0 Å². The molecule has 6 heteroatoms. The largest absolute Gasteiger partial charge is 0.439 e. The fraction of sp³-hybridized carbons (Fsp3) is 0.0870. The fourth-order valence-corrected chi connectivity index (χ4v) is 3.21. The van der Waals surface area contributed by atoms with E-state index in [0.717, 1.165) is 15.7 Å². The molecule has 2 aromatic carbocycles. The van der Waals surface area contributed by atoms with Crippen molar-refractivity contribution >= 4 is 21.7 Å². The summed E-state index contributed by atoms with van der Waals surface area (Å²) >= 11 is 3.45. The van der Waals surface area contributed by atoms with E-state index in [4.69, 9.17) is 9.26 Å². The molecule has 2 aromatic heterocycles. The smallest absolute Gasteiger partial charge is 0.219 e. The molecule has 0 aliphatic carbocycles. The van der Waals surface area contributed by atoms with Crippen molar-refractivity contribution in [3.63, 3.8) is 0 Å². The summed E-state index contributed by atoms with van der Waals surface area (Å²) in [4.78, 5) is 16.7. The lowest BCUT2D eigenvalue weighted by molar-refractivity contribution is 0.0980. The average molecular weight is 449 g/mol. The molecule has 4 aromatic rings. The second-order valence-corrected chi connectivity index (χ2v) is 7.33. The van der Waals surface area contributed by atoms with Crippen molar-refractivity contribution in [3.8, 4) is 22.9 Å². The Bertz CT molecular complexity index is 1110. The first kappa shape index (κ1) is 19.1. The molecule has 0 saturated heterocycles. The number of halogens is 1. The van der Waals surface area contributed by atoms with E-state index in [1.54, 1.807) is 12.1 Å². The summed E-state index contributed by atoms with van der Waals surface area (Å²) in [5.41, 5.74) is 2.24. The summed E-state index contributed by atoms with van der Waals surface area (Å²) < 4.78 is 12.0. The Hall–Kier alpha value is -3.25. The number of carbonyl (C=O) groups is 1. The van der Waals surface area contributed by atoms with Crippen molar-refractivity contribution in [3.05, 3.63) is 94.8 Å². The van der Waals surface area contributed by atoms with E-state index in [1.165, 1.54) is 6.20 Å². The number of para-hydroxylation sites is 1. The lowest BCUT2D eigenvalue weighted by Gasteiger charge is -2.05. The predicted molar refractivity (Wildman–Crippen MR) is 113 cm³/mol. The molecule has 0 fully saturated rings. The van der Waals surface area contributed by atoms with Gasteiger partial charge in [-0.2, -0.15) is 0 Å². The summed E-state index contributed by atoms with van der Waals surface area (Å²) in [7, 11) is 0. The molecular weight excluding hydrogens is 432 g/mol. The molecule has 0 unspecified atom stereocenters. The lowest BCUT2D eigenvalue weighted by atomic mass is 10.1. The first-order valence-corrected chi connectivity index (χ1v) is 9.90. The van der Waals surface area contributed by atoms with Gasteiger partial charge in [-0.25, -0.2) is 4.98 Å². The highest BCUT2D eigenvalue weighted by atomic mass is 79.9. The van der Waals surface area contributed by atoms with Crippen LogP contribution in [0.5, 0.6) is 11.6 Å². The van der Waals surface area contributed by atoms with Crippen LogP contribution in [0.25, 0.3) is 11.3 Å². The quantitative estimate of drug-likeness (QED) is 0.319. The summed E-state index contributed by atoms with van der Waals surface area (Å²) in [6.45, 7) is 0. The van der Waals surface area contributed by atoms with E-state index >= 15 is 0 Å². The third kappa shape index (κ3) is 4.97. The van der Waals surface area contributed by atoms with Crippen LogP contribution in [0.1, 0.15) is 22.5 Å². The minimum Gasteiger partial charge on any atom is -0.439 e. The number of ether oxygens (including phenoxy) is 1. The Morgan fingerprint density at radius 1 is 1.00 bits per heavy atom. The zero-order valence-corrected chi connectivity index (χ0v) is 17.0. The molecule has 0 atom stereocenters. The lowest BCUT2D eigenvalue weighted by Crippen LogP contribution is -2.01. The molecule has 0 saturated carbocycles. The van der Waals surface area contributed by atoms with Gasteiger partial charge in [-0.05, 0) is 30.3 Å². The normalized spacial score (nSPS) is 10.7. The Morgan fingerprint density at radius 3 is 2.62 bits per heavy atom. The molecule has 0 radical (unpaired) electrons. The van der Waals surface area contributed by atoms with Gasteiger partial charge in [0.05, 0.1) is 0 Å². The third-order valence-corrected chi connectivity index (χ3v) is 4.79. The SMILES string of the molecule is O=C(CCc1cc(-c2cccc(Br)c2)no1)c1ccc(Oc2ccccc2)nc1. The molecule has 0 amide bonds. The first-order chi connectivity index (χ1) is 14.2. The van der Waals surface area contributed by atoms with Crippen LogP contribution in [0, 0.1) is 0 Å². The Kier molecular flexibility index (Phi) is 5.81. The molecule has 0 spiro atoms. The Morgan fingerprint density at radius 2 is 1.86 bits per heavy atom. The second kappa shape index (κ2) is 8.84. The van der Waals surface area contributed by atoms with Gasteiger partial charge in [-0.15, -0.1) is 0 Å². The van der Waals surface area contributed by atoms with Crippen molar-refractivity contribution in [2.24, 2.45) is 0 Å². The van der Waals surface area contributed by atoms with Crippen LogP contribution in [0.2, 0.25) is 0 Å². The van der Waals surface area contributed by atoms with Crippen LogP contribution in [-0.2, 0) is 6.42 Å². The molecule has 144 valence electrons. The van der Waals surface area contributed by atoms with Gasteiger partial charge in [0.15, 0.2) is 5.78 Å². The number of carbonyl (C=O) groups excluding carboxylic acids is 1. The first-order valence-electron chi connectivity index (χ1n) is 9.11. The third-order valence-electron chi connectivity index (χ3n) is 4.30. The fourth-order valence-electron chi connectivity index (χ4n) is 2.81. The van der Waals surface area contributed by atoms with Gasteiger partial charge in [0.2, 0.25) is 5.88 Å². The van der Waals surface area contributed by atoms with E-state index in [0.29, 0.717) is 35.8 Å². The zero-order valence-electron chi connectivity index (χ0n) is 15.4. The number of nitrogens with zero attached hydrogens (tertiary/aromatic N) is 2. The van der Waals surface area contributed by atoms with Crippen LogP contribution in [0.4, 0.5) is 0 Å². The topological polar surface area (TPSA) is 65.2 Å². The van der Waals surface area contributed by atoms with Crippen molar-refractivity contribution in [2.75, 3.05) is 0 Å². The number of pyridine rings is 1. The number of aryl methyl sites for hydroxylation is 1. The molecule has 0 aliphatic heterocycles. The van der Waals surface area contributed by atoms with Crippen LogP contribution < -0.4 is 4.74 Å². The number of aromatic nitrogens is 2. The minimum absolute atomic E-state index is 0.0100. The summed E-state index contributed by atoms with van der Waals surface area (Å²) in [5.74, 6) is 1.81. The highest BCUT2D eigenvalue weighted by Gasteiger charge is 2.12. The van der Waals surface area contributed by atoms with E-state index in [2.05, 4.69) is 26.1 Å². The van der Waals surface area contributed by atoms with Gasteiger partial charge in [0.25, 0.3) is 0 Å². The second-order valence-electron chi connectivity index (χ2n) is 6.41. The van der Waals surface area contributed by atoms with Crippen LogP contribution >= 0.6 is 15.9 Å². The van der Waals surface area contributed by atoms with Crippen LogP contribution in [0.15, 0.2) is 88.0 Å². The molecule has 5 nitrogen and oxygen atoms in total. The Balaban J connectivity index is 1.35. The van der Waals surface area contributed by atoms with Gasteiger partial charge in [-0.3, -0.25) is 4.79 Å². The molecule has 4 rings (SSSR count). The number of benzene rings is 2. The molecule has 0 aliphatic rings. The van der Waals surface area contributed by atoms with E-state index in [1.807, 2.05) is 60.7 Å². The molecule has 2 heterocycles. The summed E-state index contributed by atoms with van der Waals surface area (Å²) in [5, 5.41) is 4.09. The average Bonchev–Trinajstić information content (AvgIpc) is 3.22. The Labute approximate surface area is 176 Å². The minimum atomic E-state index is -0.0100. The number of rotatable bonds is 7.